The van der Waals surface area contributed by atoms with Crippen molar-refractivity contribution in [3.05, 3.63) is 35.3 Å². The molecule has 2 aromatic heterocycles. The number of carbonyl (C=O) groups excluding carboxylic acids is 1. The van der Waals surface area contributed by atoms with Gasteiger partial charge in [-0.3, -0.25) is 4.79 Å². The minimum absolute atomic E-state index is 0.109. The largest absolute Gasteiger partial charge is 0.381 e. The fourth-order valence-corrected chi connectivity index (χ4v) is 4.71. The highest BCUT2D eigenvalue weighted by molar-refractivity contribution is 5.95. The fraction of sp³-hybridized carbons (Fsp3) is 0.667. The molecule has 1 amide bonds. The Balaban J connectivity index is 1.56. The third kappa shape index (κ3) is 5.08. The number of amides is 1. The van der Waals surface area contributed by atoms with Gasteiger partial charge >= 0.3 is 0 Å². The summed E-state index contributed by atoms with van der Waals surface area (Å²) in [5, 5.41) is 2.93. The van der Waals surface area contributed by atoms with E-state index in [4.69, 9.17) is 9.72 Å². The summed E-state index contributed by atoms with van der Waals surface area (Å²) in [7, 11) is 0. The standard InChI is InChI=1S/C24H33F2N3O2/c1-23(2,3)21-19(14-16-7-12-31-13-8-16)29-11-6-17(15-20(29)28-21)22(30)27-18-4-9-24(25,26)10-5-18/h6,11,15-16,18H,4-5,7-10,12-14H2,1-3H3,(H,27,30). The molecule has 7 heteroatoms. The van der Waals surface area contributed by atoms with Crippen LogP contribution in [0.3, 0.4) is 0 Å². The monoisotopic (exact) mass is 433 g/mol. The average molecular weight is 434 g/mol. The second-order valence-corrected chi connectivity index (χ2v) is 10.2. The van der Waals surface area contributed by atoms with E-state index in [1.165, 1.54) is 5.69 Å². The van der Waals surface area contributed by atoms with E-state index in [2.05, 4.69) is 30.5 Å². The van der Waals surface area contributed by atoms with Crippen LogP contribution >= 0.6 is 0 Å². The molecule has 5 nitrogen and oxygen atoms in total. The Kier molecular flexibility index (Phi) is 6.08. The maximum atomic E-state index is 13.4. The molecule has 0 unspecified atom stereocenters. The first-order valence-electron chi connectivity index (χ1n) is 11.4. The van der Waals surface area contributed by atoms with Gasteiger partial charge in [-0.05, 0) is 50.2 Å². The molecule has 1 saturated carbocycles. The lowest BCUT2D eigenvalue weighted by Gasteiger charge is -2.28. The molecule has 2 aromatic rings. The van der Waals surface area contributed by atoms with Crippen LogP contribution in [0.1, 0.15) is 81.0 Å². The SMILES string of the molecule is CC(C)(C)c1nc2cc(C(=O)NC3CCC(F)(F)CC3)ccn2c1CC1CCOCC1. The van der Waals surface area contributed by atoms with Crippen LogP contribution in [0.2, 0.25) is 0 Å². The van der Waals surface area contributed by atoms with Crippen molar-refractivity contribution < 1.29 is 18.3 Å². The maximum absolute atomic E-state index is 13.4. The number of alkyl halides is 2. The van der Waals surface area contributed by atoms with Crippen molar-refractivity contribution >= 4 is 11.6 Å². The zero-order chi connectivity index (χ0) is 22.2. The van der Waals surface area contributed by atoms with Crippen molar-refractivity contribution in [1.29, 1.82) is 0 Å². The topological polar surface area (TPSA) is 55.6 Å². The first kappa shape index (κ1) is 22.2. The highest BCUT2D eigenvalue weighted by atomic mass is 19.3. The van der Waals surface area contributed by atoms with Crippen molar-refractivity contribution in [3.8, 4) is 0 Å². The molecule has 2 fully saturated rings. The minimum Gasteiger partial charge on any atom is -0.381 e. The zero-order valence-electron chi connectivity index (χ0n) is 18.7. The summed E-state index contributed by atoms with van der Waals surface area (Å²) in [6.45, 7) is 8.10. The van der Waals surface area contributed by atoms with Crippen LogP contribution in [-0.2, 0) is 16.6 Å². The summed E-state index contributed by atoms with van der Waals surface area (Å²) < 4.78 is 34.4. The molecular weight excluding hydrogens is 400 g/mol. The first-order chi connectivity index (χ1) is 14.6. The van der Waals surface area contributed by atoms with Crippen molar-refractivity contribution in [2.45, 2.75) is 83.1 Å². The first-order valence-corrected chi connectivity index (χ1v) is 11.4. The number of pyridine rings is 1. The third-order valence-electron chi connectivity index (χ3n) is 6.57. The molecule has 1 aliphatic heterocycles. The van der Waals surface area contributed by atoms with Gasteiger partial charge in [0.1, 0.15) is 5.65 Å². The Morgan fingerprint density at radius 2 is 1.90 bits per heavy atom. The molecule has 0 aromatic carbocycles. The summed E-state index contributed by atoms with van der Waals surface area (Å²) >= 11 is 0. The van der Waals surface area contributed by atoms with Gasteiger partial charge in [0.15, 0.2) is 0 Å². The van der Waals surface area contributed by atoms with E-state index in [1.807, 2.05) is 12.3 Å². The Labute approximate surface area is 182 Å². The van der Waals surface area contributed by atoms with Crippen LogP contribution in [0.5, 0.6) is 0 Å². The van der Waals surface area contributed by atoms with Gasteiger partial charge in [-0.2, -0.15) is 0 Å². The summed E-state index contributed by atoms with van der Waals surface area (Å²) in [6.07, 6.45) is 5.27. The summed E-state index contributed by atoms with van der Waals surface area (Å²) in [5.74, 6) is -2.24. The molecule has 4 rings (SSSR count). The predicted octanol–water partition coefficient (Wildman–Crippen LogP) is 4.91. The fourth-order valence-electron chi connectivity index (χ4n) is 4.71. The van der Waals surface area contributed by atoms with E-state index in [0.717, 1.165) is 43.8 Å². The van der Waals surface area contributed by atoms with Crippen LogP contribution in [0.4, 0.5) is 8.78 Å². The number of fused-ring (bicyclic) bond motifs is 1. The third-order valence-corrected chi connectivity index (χ3v) is 6.57. The van der Waals surface area contributed by atoms with Gasteiger partial charge in [0.2, 0.25) is 5.92 Å². The number of halogens is 2. The van der Waals surface area contributed by atoms with E-state index in [9.17, 15) is 13.6 Å². The maximum Gasteiger partial charge on any atom is 0.251 e. The molecule has 2 aliphatic rings. The lowest BCUT2D eigenvalue weighted by atomic mass is 9.86. The molecule has 0 spiro atoms. The van der Waals surface area contributed by atoms with E-state index in [0.29, 0.717) is 24.3 Å². The van der Waals surface area contributed by atoms with Crippen molar-refractivity contribution in [2.75, 3.05) is 13.2 Å². The van der Waals surface area contributed by atoms with Gasteiger partial charge in [0.25, 0.3) is 5.91 Å². The molecule has 0 bridgehead atoms. The van der Waals surface area contributed by atoms with E-state index >= 15 is 0 Å². The predicted molar refractivity (Wildman–Crippen MR) is 116 cm³/mol. The Morgan fingerprint density at radius 3 is 2.55 bits per heavy atom. The summed E-state index contributed by atoms with van der Waals surface area (Å²) in [4.78, 5) is 17.7. The number of imidazole rings is 1. The molecule has 1 aliphatic carbocycles. The molecule has 31 heavy (non-hydrogen) atoms. The average Bonchev–Trinajstić information content (AvgIpc) is 3.08. The Morgan fingerprint density at radius 1 is 1.23 bits per heavy atom. The Hall–Kier alpha value is -2.02. The normalized spacial score (nSPS) is 20.8. The number of rotatable bonds is 4. The van der Waals surface area contributed by atoms with E-state index in [-0.39, 0.29) is 30.2 Å². The lowest BCUT2D eigenvalue weighted by Crippen LogP contribution is -2.40. The lowest BCUT2D eigenvalue weighted by molar-refractivity contribution is -0.0399. The van der Waals surface area contributed by atoms with Gasteiger partial charge in [-0.15, -0.1) is 0 Å². The minimum atomic E-state index is -2.60. The molecule has 0 radical (unpaired) electrons. The summed E-state index contributed by atoms with van der Waals surface area (Å²) in [5.41, 5.74) is 3.44. The summed E-state index contributed by atoms with van der Waals surface area (Å²) in [6, 6.07) is 3.42. The van der Waals surface area contributed by atoms with E-state index in [1.54, 1.807) is 6.07 Å². The molecular formula is C24H33F2N3O2. The molecule has 3 heterocycles. The smallest absolute Gasteiger partial charge is 0.251 e. The highest BCUT2D eigenvalue weighted by Crippen LogP contribution is 2.33. The van der Waals surface area contributed by atoms with Crippen LogP contribution < -0.4 is 5.32 Å². The van der Waals surface area contributed by atoms with Gasteiger partial charge in [0.05, 0.1) is 5.69 Å². The number of carbonyl (C=O) groups is 1. The Bertz CT molecular complexity index is 932. The van der Waals surface area contributed by atoms with Crippen molar-refractivity contribution in [2.24, 2.45) is 5.92 Å². The molecule has 0 atom stereocenters. The van der Waals surface area contributed by atoms with E-state index < -0.39 is 5.92 Å². The number of hydrogen-bond acceptors (Lipinski definition) is 3. The molecule has 1 N–H and O–H groups in total. The van der Waals surface area contributed by atoms with Crippen LogP contribution in [0, 0.1) is 5.92 Å². The number of ether oxygens (including phenoxy) is 1. The second kappa shape index (κ2) is 8.49. The molecule has 170 valence electrons. The van der Waals surface area contributed by atoms with Crippen molar-refractivity contribution in [1.82, 2.24) is 14.7 Å². The molecule has 1 saturated heterocycles. The number of nitrogens with zero attached hydrogens (tertiary/aromatic N) is 2. The van der Waals surface area contributed by atoms with Crippen LogP contribution in [0.25, 0.3) is 5.65 Å². The highest BCUT2D eigenvalue weighted by Gasteiger charge is 2.35. The van der Waals surface area contributed by atoms with Crippen LogP contribution in [-0.4, -0.2) is 40.5 Å². The quantitative estimate of drug-likeness (QED) is 0.746. The zero-order valence-corrected chi connectivity index (χ0v) is 18.7. The van der Waals surface area contributed by atoms with Gasteiger partial charge in [-0.1, -0.05) is 20.8 Å². The second-order valence-electron chi connectivity index (χ2n) is 10.2. The number of aromatic nitrogens is 2. The van der Waals surface area contributed by atoms with Crippen molar-refractivity contribution in [3.63, 3.8) is 0 Å². The van der Waals surface area contributed by atoms with Gasteiger partial charge in [0, 0.05) is 55.0 Å². The van der Waals surface area contributed by atoms with Crippen LogP contribution in [0.15, 0.2) is 18.3 Å². The van der Waals surface area contributed by atoms with Gasteiger partial charge < -0.3 is 14.5 Å². The number of hydrogen-bond donors (Lipinski definition) is 1. The van der Waals surface area contributed by atoms with Gasteiger partial charge in [-0.25, -0.2) is 13.8 Å². The number of nitrogens with one attached hydrogen (secondary N) is 1.